The van der Waals surface area contributed by atoms with Gasteiger partial charge in [-0.15, -0.1) is 0 Å². The van der Waals surface area contributed by atoms with Gasteiger partial charge in [0.1, 0.15) is 23.2 Å². The number of fused-ring (bicyclic) bond motifs is 1. The largest absolute Gasteiger partial charge is 0.507 e. The van der Waals surface area contributed by atoms with Crippen molar-refractivity contribution in [1.29, 1.82) is 0 Å². The summed E-state index contributed by atoms with van der Waals surface area (Å²) in [6.45, 7) is 11.0. The Morgan fingerprint density at radius 3 is 2.73 bits per heavy atom. The number of benzene rings is 1. The molecule has 2 aliphatic rings. The zero-order chi connectivity index (χ0) is 28.7. The second-order valence-electron chi connectivity index (χ2n) is 10.5. The van der Waals surface area contributed by atoms with Crippen LogP contribution in [0.3, 0.4) is 0 Å². The highest BCUT2D eigenvalue weighted by atomic mass is 19.1. The van der Waals surface area contributed by atoms with E-state index in [1.54, 1.807) is 15.7 Å². The van der Waals surface area contributed by atoms with Crippen LogP contribution in [0.1, 0.15) is 48.7 Å². The molecular weight excluding hydrogens is 511 g/mol. The van der Waals surface area contributed by atoms with Crippen LogP contribution in [-0.2, 0) is 17.6 Å². The summed E-state index contributed by atoms with van der Waals surface area (Å²) in [6.07, 6.45) is 4.68. The summed E-state index contributed by atoms with van der Waals surface area (Å²) in [6, 6.07) is 5.58. The minimum absolute atomic E-state index is 0.0885. The Labute approximate surface area is 233 Å². The van der Waals surface area contributed by atoms with E-state index in [0.29, 0.717) is 56.2 Å². The molecule has 40 heavy (non-hydrogen) atoms. The van der Waals surface area contributed by atoms with Crippen molar-refractivity contribution in [3.63, 3.8) is 0 Å². The lowest BCUT2D eigenvalue weighted by Gasteiger charge is -2.43. The predicted octanol–water partition coefficient (Wildman–Crippen LogP) is 3.69. The second-order valence-corrected chi connectivity index (χ2v) is 10.5. The molecule has 1 N–H and O–H groups in total. The normalized spacial score (nSPS) is 19.0. The monoisotopic (exact) mass is 546 g/mol. The van der Waals surface area contributed by atoms with Gasteiger partial charge in [-0.1, -0.05) is 19.6 Å². The summed E-state index contributed by atoms with van der Waals surface area (Å²) in [5.74, 6) is 0.454. The number of carbonyl (C=O) groups excluding carboxylic acids is 1. The fraction of sp³-hybridized carbons (Fsp3) is 0.400. The lowest BCUT2D eigenvalue weighted by molar-refractivity contribution is -0.126. The van der Waals surface area contributed by atoms with Gasteiger partial charge in [-0.05, 0) is 62.9 Å². The minimum Gasteiger partial charge on any atom is -0.507 e. The molecule has 5 rings (SSSR count). The summed E-state index contributed by atoms with van der Waals surface area (Å²) >= 11 is 0. The van der Waals surface area contributed by atoms with E-state index in [4.69, 9.17) is 0 Å². The maximum absolute atomic E-state index is 15.1. The fourth-order valence-corrected chi connectivity index (χ4v) is 6.16. The van der Waals surface area contributed by atoms with E-state index in [1.165, 1.54) is 24.3 Å². The topological polar surface area (TPSA) is 94.8 Å². The molecule has 4 heterocycles. The molecule has 3 aromatic rings. The molecule has 2 aliphatic heterocycles. The maximum Gasteiger partial charge on any atom is 0.355 e. The number of halogens is 1. The minimum atomic E-state index is -0.504. The number of phenolic OH excluding ortho intramolecular Hbond substituents is 1. The van der Waals surface area contributed by atoms with Gasteiger partial charge in [0.15, 0.2) is 0 Å². The third-order valence-electron chi connectivity index (χ3n) is 8.12. The molecule has 10 heteroatoms. The van der Waals surface area contributed by atoms with Gasteiger partial charge in [0.05, 0.1) is 23.0 Å². The fourth-order valence-electron chi connectivity index (χ4n) is 6.16. The Morgan fingerprint density at radius 2 is 2.05 bits per heavy atom. The van der Waals surface area contributed by atoms with Crippen LogP contribution in [0.15, 0.2) is 47.9 Å². The van der Waals surface area contributed by atoms with Crippen molar-refractivity contribution in [3.8, 4) is 11.4 Å². The molecule has 1 fully saturated rings. The van der Waals surface area contributed by atoms with E-state index in [2.05, 4.69) is 21.4 Å². The van der Waals surface area contributed by atoms with E-state index in [-0.39, 0.29) is 23.3 Å². The molecule has 0 bridgehead atoms. The third-order valence-corrected chi connectivity index (χ3v) is 8.12. The number of hydrogen-bond acceptors (Lipinski definition) is 7. The van der Waals surface area contributed by atoms with E-state index >= 15 is 4.39 Å². The number of piperazine rings is 1. The van der Waals surface area contributed by atoms with Crippen LogP contribution < -0.4 is 15.5 Å². The number of anilines is 2. The molecule has 2 atom stereocenters. The van der Waals surface area contributed by atoms with Gasteiger partial charge < -0.3 is 19.8 Å². The Morgan fingerprint density at radius 1 is 1.27 bits per heavy atom. The molecule has 9 nitrogen and oxygen atoms in total. The number of nitrogens with zero attached hydrogens (tertiary/aromatic N) is 6. The smallest absolute Gasteiger partial charge is 0.355 e. The highest BCUT2D eigenvalue weighted by Crippen LogP contribution is 2.44. The highest BCUT2D eigenvalue weighted by molar-refractivity contribution is 5.87. The summed E-state index contributed by atoms with van der Waals surface area (Å²) < 4.78 is 16.7. The Balaban J connectivity index is 1.72. The van der Waals surface area contributed by atoms with Crippen molar-refractivity contribution in [2.24, 2.45) is 0 Å². The van der Waals surface area contributed by atoms with Crippen molar-refractivity contribution in [2.75, 3.05) is 36.5 Å². The van der Waals surface area contributed by atoms with Crippen LogP contribution in [0.25, 0.3) is 5.69 Å². The number of aromatic nitrogens is 3. The van der Waals surface area contributed by atoms with Gasteiger partial charge >= 0.3 is 5.69 Å². The van der Waals surface area contributed by atoms with E-state index in [9.17, 15) is 14.7 Å². The highest BCUT2D eigenvalue weighted by Gasteiger charge is 2.37. The average molecular weight is 547 g/mol. The Kier molecular flexibility index (Phi) is 7.35. The third kappa shape index (κ3) is 4.51. The van der Waals surface area contributed by atoms with Crippen molar-refractivity contribution in [2.45, 2.75) is 52.1 Å². The van der Waals surface area contributed by atoms with E-state index in [1.807, 2.05) is 38.8 Å². The first-order chi connectivity index (χ1) is 19.2. The number of aromatic hydroxyl groups is 1. The molecule has 1 aromatic carbocycles. The van der Waals surface area contributed by atoms with E-state index in [0.717, 1.165) is 16.8 Å². The van der Waals surface area contributed by atoms with Crippen molar-refractivity contribution in [1.82, 2.24) is 19.4 Å². The Bertz CT molecular complexity index is 1520. The number of hydrogen-bond donors (Lipinski definition) is 1. The summed E-state index contributed by atoms with van der Waals surface area (Å²) in [7, 11) is 1.83. The first-order valence-electron chi connectivity index (χ1n) is 13.7. The standard InChI is InChI=1S/C30H35FN6O3/c1-6-22-27(18(3)13-14-32-22)37-29-20(11-12-23(34(29)5)26-21(31)9-8-10-24(26)38)28(33-30(37)40)36-16-15-35(17-19(36)4)25(39)7-2/h7-10,13-14,19,23,38H,2,6,11-12,15-17H2,1,3-5H3/t19-,23?/m0/s1. The molecule has 210 valence electrons. The quantitative estimate of drug-likeness (QED) is 0.488. The van der Waals surface area contributed by atoms with Crippen molar-refractivity contribution >= 4 is 17.5 Å². The van der Waals surface area contributed by atoms with Crippen molar-refractivity contribution in [3.05, 3.63) is 81.8 Å². The average Bonchev–Trinajstić information content (AvgIpc) is 2.93. The number of rotatable bonds is 5. The molecule has 0 saturated carbocycles. The zero-order valence-corrected chi connectivity index (χ0v) is 23.4. The second kappa shape index (κ2) is 10.7. The van der Waals surface area contributed by atoms with Crippen LogP contribution in [0.4, 0.5) is 16.0 Å². The van der Waals surface area contributed by atoms with Crippen LogP contribution in [0, 0.1) is 12.7 Å². The molecule has 2 aromatic heterocycles. The lowest BCUT2D eigenvalue weighted by atomic mass is 9.92. The van der Waals surface area contributed by atoms with E-state index < -0.39 is 17.5 Å². The first kappa shape index (κ1) is 27.4. The summed E-state index contributed by atoms with van der Waals surface area (Å²) in [5.41, 5.74) is 2.92. The Hall–Kier alpha value is -4.21. The van der Waals surface area contributed by atoms with Gasteiger partial charge in [0, 0.05) is 44.5 Å². The van der Waals surface area contributed by atoms with Crippen LogP contribution >= 0.6 is 0 Å². The SMILES string of the molecule is C=CC(=O)N1CCN(c2nc(=O)n(-c3c(C)ccnc3CC)c3c2CCC(c2c(O)cccc2F)N3C)[C@@H](C)C1. The number of carbonyl (C=O) groups is 1. The zero-order valence-electron chi connectivity index (χ0n) is 23.4. The molecule has 1 amide bonds. The summed E-state index contributed by atoms with van der Waals surface area (Å²) in [4.78, 5) is 41.2. The number of aryl methyl sites for hydroxylation is 2. The van der Waals surface area contributed by atoms with Crippen LogP contribution in [-0.4, -0.2) is 63.2 Å². The number of amides is 1. The van der Waals surface area contributed by atoms with Crippen LogP contribution in [0.2, 0.25) is 0 Å². The van der Waals surface area contributed by atoms with Gasteiger partial charge in [0.2, 0.25) is 5.91 Å². The van der Waals surface area contributed by atoms with Gasteiger partial charge in [-0.3, -0.25) is 9.78 Å². The maximum atomic E-state index is 15.1. The first-order valence-corrected chi connectivity index (χ1v) is 13.7. The van der Waals surface area contributed by atoms with Gasteiger partial charge in [-0.25, -0.2) is 13.8 Å². The molecule has 0 aliphatic carbocycles. The van der Waals surface area contributed by atoms with Crippen molar-refractivity contribution < 1.29 is 14.3 Å². The summed E-state index contributed by atoms with van der Waals surface area (Å²) in [5, 5.41) is 10.7. The molecule has 1 unspecified atom stereocenters. The molecule has 0 radical (unpaired) electrons. The molecular formula is C30H35FN6O3. The van der Waals surface area contributed by atoms with Crippen LogP contribution in [0.5, 0.6) is 5.75 Å². The molecule has 0 spiro atoms. The lowest BCUT2D eigenvalue weighted by Crippen LogP contribution is -2.54. The molecule has 1 saturated heterocycles. The predicted molar refractivity (Wildman–Crippen MR) is 153 cm³/mol. The number of phenols is 1. The number of pyridine rings is 1. The van der Waals surface area contributed by atoms with Gasteiger partial charge in [0.25, 0.3) is 0 Å². The van der Waals surface area contributed by atoms with Gasteiger partial charge in [-0.2, -0.15) is 4.98 Å².